The minimum absolute atomic E-state index is 0. The highest BCUT2D eigenvalue weighted by Gasteiger charge is 2.29. The number of hydrogen-bond donors (Lipinski definition) is 1. The third kappa shape index (κ3) is 3.37. The zero-order valence-corrected chi connectivity index (χ0v) is 13.0. The van der Waals surface area contributed by atoms with Gasteiger partial charge in [0.1, 0.15) is 5.69 Å². The Morgan fingerprint density at radius 2 is 2.19 bits per heavy atom. The minimum atomic E-state index is -0.488. The number of likely N-dealkylation sites (N-methyl/N-ethyl adjacent to an activating group) is 1. The third-order valence-electron chi connectivity index (χ3n) is 3.03. The monoisotopic (exact) mass is 316 g/mol. The lowest BCUT2D eigenvalue weighted by molar-refractivity contribution is -0.384. The molecule has 9 nitrogen and oxygen atoms in total. The molecule has 116 valence electrons. The topological polar surface area (TPSA) is 112 Å². The summed E-state index contributed by atoms with van der Waals surface area (Å²) in [7, 11) is 3.44. The SMILES string of the molecule is CNC(C)Cc1noc(-c2c([N+](=O)[O-])c(C)nn2C)n1.Cl. The van der Waals surface area contributed by atoms with Crippen molar-refractivity contribution in [3.63, 3.8) is 0 Å². The second-order valence-corrected chi connectivity index (χ2v) is 4.57. The van der Waals surface area contributed by atoms with Crippen LogP contribution in [0.15, 0.2) is 4.52 Å². The van der Waals surface area contributed by atoms with Gasteiger partial charge in [0, 0.05) is 19.5 Å². The van der Waals surface area contributed by atoms with Crippen molar-refractivity contribution in [1.82, 2.24) is 25.2 Å². The van der Waals surface area contributed by atoms with Gasteiger partial charge in [0.25, 0.3) is 5.89 Å². The van der Waals surface area contributed by atoms with Gasteiger partial charge < -0.3 is 9.84 Å². The summed E-state index contributed by atoms with van der Waals surface area (Å²) >= 11 is 0. The molecule has 1 atom stereocenters. The van der Waals surface area contributed by atoms with E-state index >= 15 is 0 Å². The Kier molecular flexibility index (Phi) is 5.39. The van der Waals surface area contributed by atoms with Gasteiger partial charge in [-0.25, -0.2) is 0 Å². The van der Waals surface area contributed by atoms with E-state index in [1.165, 1.54) is 4.68 Å². The fourth-order valence-electron chi connectivity index (χ4n) is 1.91. The van der Waals surface area contributed by atoms with Crippen LogP contribution in [0.2, 0.25) is 0 Å². The molecule has 0 aliphatic heterocycles. The summed E-state index contributed by atoms with van der Waals surface area (Å²) in [4.78, 5) is 14.8. The lowest BCUT2D eigenvalue weighted by atomic mass is 10.2. The largest absolute Gasteiger partial charge is 0.332 e. The average molecular weight is 317 g/mol. The maximum absolute atomic E-state index is 11.1. The molecule has 0 aromatic carbocycles. The Hall–Kier alpha value is -2.00. The Balaban J connectivity index is 0.00000220. The predicted octanol–water partition coefficient (Wildman–Crippen LogP) is 1.26. The van der Waals surface area contributed by atoms with Crippen molar-refractivity contribution < 1.29 is 9.45 Å². The number of rotatable bonds is 5. The van der Waals surface area contributed by atoms with Gasteiger partial charge in [-0.2, -0.15) is 10.1 Å². The van der Waals surface area contributed by atoms with Crippen molar-refractivity contribution in [2.75, 3.05) is 7.05 Å². The molecule has 21 heavy (non-hydrogen) atoms. The quantitative estimate of drug-likeness (QED) is 0.652. The van der Waals surface area contributed by atoms with Gasteiger partial charge in [-0.3, -0.25) is 14.8 Å². The number of nitrogens with one attached hydrogen (secondary N) is 1. The Bertz CT molecular complexity index is 638. The first kappa shape index (κ1) is 17.1. The van der Waals surface area contributed by atoms with Gasteiger partial charge >= 0.3 is 5.69 Å². The number of hydrogen-bond acceptors (Lipinski definition) is 7. The molecule has 0 saturated heterocycles. The van der Waals surface area contributed by atoms with Crippen LogP contribution < -0.4 is 5.32 Å². The fraction of sp³-hybridized carbons (Fsp3) is 0.545. The Morgan fingerprint density at radius 1 is 1.52 bits per heavy atom. The fourth-order valence-corrected chi connectivity index (χ4v) is 1.91. The Morgan fingerprint density at radius 3 is 2.76 bits per heavy atom. The van der Waals surface area contributed by atoms with Crippen molar-refractivity contribution >= 4 is 18.1 Å². The van der Waals surface area contributed by atoms with E-state index in [2.05, 4.69) is 20.6 Å². The molecule has 0 radical (unpaired) electrons. The zero-order valence-electron chi connectivity index (χ0n) is 12.2. The lowest BCUT2D eigenvalue weighted by Crippen LogP contribution is -2.24. The average Bonchev–Trinajstić information content (AvgIpc) is 2.93. The van der Waals surface area contributed by atoms with Gasteiger partial charge in [0.2, 0.25) is 5.69 Å². The third-order valence-corrected chi connectivity index (χ3v) is 3.03. The van der Waals surface area contributed by atoms with Crippen molar-refractivity contribution in [3.8, 4) is 11.6 Å². The van der Waals surface area contributed by atoms with E-state index in [0.717, 1.165) is 0 Å². The van der Waals surface area contributed by atoms with Crippen LogP contribution in [-0.2, 0) is 13.5 Å². The van der Waals surface area contributed by atoms with Crippen LogP contribution >= 0.6 is 12.4 Å². The molecular weight excluding hydrogens is 300 g/mol. The molecule has 0 saturated carbocycles. The van der Waals surface area contributed by atoms with Crippen LogP contribution in [0.1, 0.15) is 18.4 Å². The molecule has 2 rings (SSSR count). The summed E-state index contributed by atoms with van der Waals surface area (Å²) in [6.45, 7) is 3.55. The standard InChI is InChI=1S/C11H16N6O3.ClH/c1-6(12-3)5-8-13-11(20-15-8)10-9(17(18)19)7(2)14-16(10)4;/h6,12H,5H2,1-4H3;1H. The number of halogens is 1. The molecule has 2 aromatic heterocycles. The van der Waals surface area contributed by atoms with E-state index in [1.54, 1.807) is 14.0 Å². The number of nitro groups is 1. The molecular formula is C11H17ClN6O3. The molecule has 2 aromatic rings. The number of aromatic nitrogens is 4. The first-order chi connectivity index (χ1) is 9.43. The molecule has 10 heteroatoms. The van der Waals surface area contributed by atoms with Gasteiger partial charge in [-0.15, -0.1) is 12.4 Å². The van der Waals surface area contributed by atoms with Gasteiger partial charge in [-0.1, -0.05) is 5.16 Å². The van der Waals surface area contributed by atoms with E-state index in [9.17, 15) is 10.1 Å². The summed E-state index contributed by atoms with van der Waals surface area (Å²) in [6.07, 6.45) is 0.574. The highest BCUT2D eigenvalue weighted by molar-refractivity contribution is 5.85. The molecule has 0 spiro atoms. The zero-order chi connectivity index (χ0) is 14.9. The van der Waals surface area contributed by atoms with Gasteiger partial charge in [-0.05, 0) is 20.9 Å². The van der Waals surface area contributed by atoms with Crippen molar-refractivity contribution in [2.24, 2.45) is 7.05 Å². The summed E-state index contributed by atoms with van der Waals surface area (Å²) < 4.78 is 6.51. The molecule has 0 aliphatic rings. The van der Waals surface area contributed by atoms with Crippen LogP contribution in [0.3, 0.4) is 0 Å². The summed E-state index contributed by atoms with van der Waals surface area (Å²) in [5.41, 5.74) is 0.434. The van der Waals surface area contributed by atoms with E-state index in [0.29, 0.717) is 17.9 Å². The highest BCUT2D eigenvalue weighted by atomic mass is 35.5. The maximum Gasteiger partial charge on any atom is 0.322 e. The van der Waals surface area contributed by atoms with Crippen LogP contribution in [-0.4, -0.2) is 37.9 Å². The van der Waals surface area contributed by atoms with E-state index < -0.39 is 4.92 Å². The normalized spacial score (nSPS) is 12.0. The molecule has 1 N–H and O–H groups in total. The number of aryl methyl sites for hydroxylation is 2. The molecule has 0 amide bonds. The second kappa shape index (κ2) is 6.64. The predicted molar refractivity (Wildman–Crippen MR) is 77.4 cm³/mol. The van der Waals surface area contributed by atoms with E-state index in [4.69, 9.17) is 4.52 Å². The Labute approximate surface area is 127 Å². The summed E-state index contributed by atoms with van der Waals surface area (Å²) in [5, 5.41) is 22.0. The summed E-state index contributed by atoms with van der Waals surface area (Å²) in [5.74, 6) is 0.605. The molecule has 2 heterocycles. The first-order valence-corrected chi connectivity index (χ1v) is 6.12. The lowest BCUT2D eigenvalue weighted by Gasteiger charge is -2.04. The molecule has 0 bridgehead atoms. The van der Waals surface area contributed by atoms with Crippen molar-refractivity contribution in [3.05, 3.63) is 21.6 Å². The van der Waals surface area contributed by atoms with Crippen LogP contribution in [0.25, 0.3) is 11.6 Å². The van der Waals surface area contributed by atoms with Crippen molar-refractivity contribution in [1.29, 1.82) is 0 Å². The molecule has 1 unspecified atom stereocenters. The molecule has 0 aliphatic carbocycles. The van der Waals surface area contributed by atoms with Gasteiger partial charge in [0.05, 0.1) is 4.92 Å². The van der Waals surface area contributed by atoms with E-state index in [1.807, 2.05) is 14.0 Å². The van der Waals surface area contributed by atoms with Crippen molar-refractivity contribution in [2.45, 2.75) is 26.3 Å². The van der Waals surface area contributed by atoms with E-state index in [-0.39, 0.29) is 35.7 Å². The van der Waals surface area contributed by atoms with Crippen LogP contribution in [0, 0.1) is 17.0 Å². The highest BCUT2D eigenvalue weighted by Crippen LogP contribution is 2.30. The molecule has 0 fully saturated rings. The maximum atomic E-state index is 11.1. The second-order valence-electron chi connectivity index (χ2n) is 4.57. The van der Waals surface area contributed by atoms with Crippen LogP contribution in [0.5, 0.6) is 0 Å². The summed E-state index contributed by atoms with van der Waals surface area (Å²) in [6, 6.07) is 0.184. The number of nitrogens with zero attached hydrogens (tertiary/aromatic N) is 5. The van der Waals surface area contributed by atoms with Crippen LogP contribution in [0.4, 0.5) is 5.69 Å². The smallest absolute Gasteiger partial charge is 0.322 e. The minimum Gasteiger partial charge on any atom is -0.332 e. The first-order valence-electron chi connectivity index (χ1n) is 6.12. The van der Waals surface area contributed by atoms with Gasteiger partial charge in [0.15, 0.2) is 5.82 Å².